The average Bonchev–Trinajstić information content (AvgIpc) is 3.54. The Kier molecular flexibility index (Phi) is 21.8. The molecule has 10 rings (SSSR count). The molecule has 0 spiro atoms. The van der Waals surface area contributed by atoms with Gasteiger partial charge in [0.25, 0.3) is 0 Å². The largest absolute Gasteiger partial charge is 4.00 e. The number of para-hydroxylation sites is 2. The predicted octanol–water partition coefficient (Wildman–Crippen LogP) is 17.7. The van der Waals surface area contributed by atoms with Gasteiger partial charge >= 0.3 is 21.7 Å². The van der Waals surface area contributed by atoms with Crippen molar-refractivity contribution in [3.05, 3.63) is 188 Å². The van der Waals surface area contributed by atoms with Gasteiger partial charge in [0.2, 0.25) is 0 Å². The third-order valence-corrected chi connectivity index (χ3v) is 21.0. The summed E-state index contributed by atoms with van der Waals surface area (Å²) in [5.74, 6) is 3.88. The Bertz CT molecular complexity index is 2120. The molecule has 5 aromatic carbocycles. The van der Waals surface area contributed by atoms with E-state index in [2.05, 4.69) is 167 Å². The molecule has 2 heterocycles. The molecule has 2 nitrogen and oxygen atoms in total. The van der Waals surface area contributed by atoms with Crippen LogP contribution in [0.25, 0.3) is 5.32 Å². The van der Waals surface area contributed by atoms with Crippen LogP contribution in [0.3, 0.4) is 0 Å². The molecular weight excluding hydrogens is 888 g/mol. The van der Waals surface area contributed by atoms with Crippen molar-refractivity contribution in [3.8, 4) is 0 Å². The first kappa shape index (κ1) is 56.8. The second-order valence-electron chi connectivity index (χ2n) is 21.5. The SMILES string of the molecule is CC1C(C)C(C)C(c2cccc3c2[N-]CCC3)C1C.CC1CCc2cccc(P(C3CCCCC3)C3CCCCC3)c2N1C(Cc1ccccc1)(Cc1ccccc1)Cc1ccccc1.[CH3-].[CH3-].[CH3-].[Ti+4]. The van der Waals surface area contributed by atoms with Crippen molar-refractivity contribution in [2.75, 3.05) is 11.4 Å². The zero-order valence-corrected chi connectivity index (χ0v) is 46.8. The molecule has 2 aliphatic heterocycles. The molecule has 3 saturated carbocycles. The van der Waals surface area contributed by atoms with E-state index in [4.69, 9.17) is 5.32 Å². The van der Waals surface area contributed by atoms with E-state index in [-0.39, 0.29) is 57.5 Å². The van der Waals surface area contributed by atoms with Gasteiger partial charge in [0.05, 0.1) is 5.54 Å². The van der Waals surface area contributed by atoms with E-state index in [1.807, 2.05) is 0 Å². The minimum absolute atomic E-state index is 0. The maximum absolute atomic E-state index is 4.86. The van der Waals surface area contributed by atoms with Gasteiger partial charge in [0.1, 0.15) is 0 Å². The van der Waals surface area contributed by atoms with Gasteiger partial charge in [-0.3, -0.25) is 0 Å². The van der Waals surface area contributed by atoms with Gasteiger partial charge in [-0.05, 0) is 134 Å². The summed E-state index contributed by atoms with van der Waals surface area (Å²) in [4.78, 5) is 3.05. The first-order valence-corrected chi connectivity index (χ1v) is 27.9. The Morgan fingerprint density at radius 3 is 1.45 bits per heavy atom. The standard InChI is InChI=1S/C44H54NP.C18H26N.3CH3.Ti/c1-35-30-31-39-24-17-29-42(46(40-25-13-5-14-26-40)41-27-15-6-16-28-41)43(39)45(35)44(32-36-18-7-2-8-19-36,33-37-20-9-3-10-21-37)34-38-22-11-4-12-23-38;1-11-12(2)14(4)17(13(11)3)16-9-5-7-15-8-6-10-19-18(15)16;;;;/h2-4,7-12,17-24,29,35,40-41H,5-6,13-16,25-28,30-34H2,1H3;5,7,9,11-14,17H,6,8,10H2,1-4H3;3*1H3;/q;4*-1;+4. The molecule has 0 aromatic heterocycles. The Labute approximate surface area is 439 Å². The Hall–Kier alpha value is -3.16. The van der Waals surface area contributed by atoms with Crippen molar-refractivity contribution >= 4 is 24.6 Å². The number of hydrogen-bond acceptors (Lipinski definition) is 1. The summed E-state index contributed by atoms with van der Waals surface area (Å²) in [5, 5.41) is 6.63. The van der Waals surface area contributed by atoms with Crippen molar-refractivity contribution in [1.29, 1.82) is 0 Å². The van der Waals surface area contributed by atoms with Gasteiger partial charge in [-0.2, -0.15) is 0 Å². The van der Waals surface area contributed by atoms with Gasteiger partial charge in [-0.15, -0.1) is 12.2 Å². The molecule has 0 saturated heterocycles. The molecule has 5 aromatic rings. The van der Waals surface area contributed by atoms with Crippen molar-refractivity contribution in [2.45, 2.75) is 173 Å². The number of aryl methyl sites for hydroxylation is 2. The van der Waals surface area contributed by atoms with Crippen molar-refractivity contribution < 1.29 is 21.7 Å². The van der Waals surface area contributed by atoms with E-state index in [0.29, 0.717) is 12.0 Å². The first-order chi connectivity index (χ1) is 31.8. The molecule has 0 amide bonds. The molecule has 5 atom stereocenters. The maximum atomic E-state index is 4.86. The number of nitrogens with zero attached hydrogens (tertiary/aromatic N) is 2. The molecule has 5 aliphatic rings. The van der Waals surface area contributed by atoms with Crippen LogP contribution < -0.4 is 10.2 Å². The summed E-state index contributed by atoms with van der Waals surface area (Å²) in [6, 6.07) is 49.2. The smallest absolute Gasteiger partial charge is 0.684 e. The topological polar surface area (TPSA) is 17.3 Å². The molecule has 5 unspecified atom stereocenters. The van der Waals surface area contributed by atoms with E-state index < -0.39 is 0 Å². The Morgan fingerprint density at radius 2 is 0.957 bits per heavy atom. The summed E-state index contributed by atoms with van der Waals surface area (Å²) in [7, 11) is -0.219. The summed E-state index contributed by atoms with van der Waals surface area (Å²) in [6.07, 6.45) is 22.4. The fourth-order valence-electron chi connectivity index (χ4n) is 13.9. The Morgan fingerprint density at radius 1 is 0.493 bits per heavy atom. The minimum Gasteiger partial charge on any atom is -0.684 e. The van der Waals surface area contributed by atoms with E-state index in [0.717, 1.165) is 60.8 Å². The van der Waals surface area contributed by atoms with Crippen molar-refractivity contribution in [1.82, 2.24) is 0 Å². The number of benzene rings is 5. The molecule has 69 heavy (non-hydrogen) atoms. The zero-order valence-electron chi connectivity index (χ0n) is 44.3. The summed E-state index contributed by atoms with van der Waals surface area (Å²) < 4.78 is 0. The molecule has 368 valence electrons. The molecule has 0 N–H and O–H groups in total. The monoisotopic (exact) mass is 977 g/mol. The molecule has 4 heteroatoms. The second-order valence-corrected chi connectivity index (χ2v) is 24.3. The van der Waals surface area contributed by atoms with Crippen LogP contribution in [0.1, 0.15) is 151 Å². The van der Waals surface area contributed by atoms with E-state index in [1.54, 1.807) is 16.6 Å². The summed E-state index contributed by atoms with van der Waals surface area (Å²) in [5.41, 5.74) is 13.7. The number of rotatable bonds is 11. The first-order valence-electron chi connectivity index (χ1n) is 26.4. The molecule has 3 fully saturated rings. The van der Waals surface area contributed by atoms with Crippen LogP contribution in [-0.2, 0) is 53.8 Å². The van der Waals surface area contributed by atoms with E-state index >= 15 is 0 Å². The van der Waals surface area contributed by atoms with Crippen LogP contribution >= 0.6 is 7.92 Å². The quantitative estimate of drug-likeness (QED) is 0.0732. The summed E-state index contributed by atoms with van der Waals surface area (Å²) >= 11 is 0. The van der Waals surface area contributed by atoms with E-state index in [1.165, 1.54) is 123 Å². The van der Waals surface area contributed by atoms with E-state index in [9.17, 15) is 0 Å². The Balaban J connectivity index is 0.000000326. The number of anilines is 1. The predicted molar refractivity (Wildman–Crippen MR) is 301 cm³/mol. The van der Waals surface area contributed by atoms with Gasteiger partial charge < -0.3 is 32.5 Å². The maximum Gasteiger partial charge on any atom is 4.00 e. The van der Waals surface area contributed by atoms with Crippen molar-refractivity contribution in [3.63, 3.8) is 0 Å². The molecule has 0 bridgehead atoms. The number of fused-ring (bicyclic) bond motifs is 2. The van der Waals surface area contributed by atoms with Crippen molar-refractivity contribution in [2.24, 2.45) is 23.7 Å². The third kappa shape index (κ3) is 12.7. The normalized spacial score (nSPS) is 23.5. The fraction of sp³-hybridized carbons (Fsp3) is 0.492. The van der Waals surface area contributed by atoms with Gasteiger partial charge in [0.15, 0.2) is 0 Å². The van der Waals surface area contributed by atoms with Crippen LogP contribution in [0.5, 0.6) is 0 Å². The zero-order chi connectivity index (χ0) is 44.8. The number of hydrogen-bond donors (Lipinski definition) is 0. The van der Waals surface area contributed by atoms with Crippen LogP contribution in [0, 0.1) is 46.0 Å². The van der Waals surface area contributed by atoms with Crippen LogP contribution in [-0.4, -0.2) is 29.4 Å². The van der Waals surface area contributed by atoms with Crippen LogP contribution in [0.2, 0.25) is 0 Å². The van der Waals surface area contributed by atoms with Gasteiger partial charge in [0, 0.05) is 17.0 Å². The van der Waals surface area contributed by atoms with Crippen LogP contribution in [0.15, 0.2) is 127 Å². The molecule has 0 radical (unpaired) electrons. The molecule has 3 aliphatic carbocycles. The fourth-order valence-corrected chi connectivity index (χ4v) is 17.8. The van der Waals surface area contributed by atoms with Gasteiger partial charge in [-0.1, -0.05) is 219 Å². The minimum atomic E-state index is -0.219. The third-order valence-electron chi connectivity index (χ3n) is 17.5. The summed E-state index contributed by atoms with van der Waals surface area (Å²) in [6.45, 7) is 13.3. The van der Waals surface area contributed by atoms with Crippen LogP contribution in [0.4, 0.5) is 11.4 Å². The van der Waals surface area contributed by atoms with Gasteiger partial charge in [-0.25, -0.2) is 0 Å². The average molecular weight is 977 g/mol. The second kappa shape index (κ2) is 26.5. The molecular formula is C65H89N2PTi.